The topological polar surface area (TPSA) is 40.1 Å². The minimum atomic E-state index is -0.576. The summed E-state index contributed by atoms with van der Waals surface area (Å²) in [6, 6.07) is 0. The summed E-state index contributed by atoms with van der Waals surface area (Å²) in [5, 5.41) is 11.0. The molecule has 0 N–H and O–H groups in total. The van der Waals surface area contributed by atoms with Crippen molar-refractivity contribution in [2.45, 2.75) is 33.8 Å². The van der Waals surface area contributed by atoms with E-state index in [4.69, 9.17) is 0 Å². The Bertz CT molecular complexity index is 121. The van der Waals surface area contributed by atoms with E-state index in [-0.39, 0.29) is 17.8 Å². The number of carbonyl (C=O) groups excluding carboxylic acids is 1. The molecule has 0 amide bonds. The average Bonchev–Trinajstić information content (AvgIpc) is 2.00. The van der Waals surface area contributed by atoms with Crippen LogP contribution in [-0.4, -0.2) is 12.4 Å². The van der Waals surface area contributed by atoms with E-state index in [1.807, 2.05) is 20.8 Å². The van der Waals surface area contributed by atoms with Crippen LogP contribution in [0.4, 0.5) is 0 Å². The molecule has 0 aromatic heterocycles. The lowest BCUT2D eigenvalue weighted by molar-refractivity contribution is -0.429. The zero-order valence-corrected chi connectivity index (χ0v) is 7.70. The van der Waals surface area contributed by atoms with E-state index in [1.165, 1.54) is 0 Å². The van der Waals surface area contributed by atoms with Crippen LogP contribution in [0, 0.1) is 17.8 Å². The van der Waals surface area contributed by atoms with Gasteiger partial charge in [0.05, 0.1) is 0 Å². The Kier molecular flexibility index (Phi) is 4.34. The summed E-state index contributed by atoms with van der Waals surface area (Å²) in [6.45, 7) is 7.37. The highest BCUT2D eigenvalue weighted by atomic mass is 16.3. The van der Waals surface area contributed by atoms with Gasteiger partial charge < -0.3 is 9.90 Å². The first-order valence-electron chi connectivity index (χ1n) is 4.11. The smallest absolute Gasteiger partial charge is 0.123 e. The van der Waals surface area contributed by atoms with E-state index in [2.05, 4.69) is 0 Å². The molecule has 0 aliphatic carbocycles. The highest BCUT2D eigenvalue weighted by Gasteiger charge is 2.17. The van der Waals surface area contributed by atoms with Crippen LogP contribution in [0.1, 0.15) is 27.7 Å². The second-order valence-electron chi connectivity index (χ2n) is 3.42. The summed E-state index contributed by atoms with van der Waals surface area (Å²) in [6.07, 6.45) is 0.344. The molecule has 11 heavy (non-hydrogen) atoms. The van der Waals surface area contributed by atoms with Gasteiger partial charge in [-0.25, -0.2) is 0 Å². The molecule has 0 aliphatic rings. The molecule has 0 rings (SSSR count). The highest BCUT2D eigenvalue weighted by Crippen LogP contribution is 2.20. The van der Waals surface area contributed by atoms with E-state index in [1.54, 1.807) is 6.92 Å². The zero-order chi connectivity index (χ0) is 9.02. The quantitative estimate of drug-likeness (QED) is 0.567. The third-order valence-corrected chi connectivity index (χ3v) is 2.61. The first-order valence-corrected chi connectivity index (χ1v) is 4.11. The van der Waals surface area contributed by atoms with Crippen molar-refractivity contribution in [2.24, 2.45) is 17.8 Å². The van der Waals surface area contributed by atoms with Gasteiger partial charge in [-0.15, -0.1) is 6.10 Å². The minimum Gasteiger partial charge on any atom is -0.852 e. The van der Waals surface area contributed by atoms with Crippen molar-refractivity contribution in [1.82, 2.24) is 0 Å². The number of hydrogen-bond donors (Lipinski definition) is 0. The summed E-state index contributed by atoms with van der Waals surface area (Å²) < 4.78 is 0. The van der Waals surface area contributed by atoms with Crippen molar-refractivity contribution in [2.75, 3.05) is 0 Å². The van der Waals surface area contributed by atoms with Crippen molar-refractivity contribution in [3.8, 4) is 0 Å². The molecule has 0 radical (unpaired) electrons. The van der Waals surface area contributed by atoms with Crippen LogP contribution in [0.5, 0.6) is 0 Å². The second kappa shape index (κ2) is 4.50. The van der Waals surface area contributed by atoms with Gasteiger partial charge in [0.1, 0.15) is 6.29 Å². The van der Waals surface area contributed by atoms with Crippen LogP contribution in [0.25, 0.3) is 0 Å². The van der Waals surface area contributed by atoms with Crippen LogP contribution in [0.15, 0.2) is 0 Å². The summed E-state index contributed by atoms with van der Waals surface area (Å²) in [5.74, 6) is 0.275. The Balaban J connectivity index is 4.00. The number of rotatable bonds is 4. The van der Waals surface area contributed by atoms with Gasteiger partial charge in [0.2, 0.25) is 0 Å². The Morgan fingerprint density at radius 2 is 1.55 bits per heavy atom. The fourth-order valence-electron chi connectivity index (χ4n) is 1.03. The molecule has 0 spiro atoms. The van der Waals surface area contributed by atoms with Crippen LogP contribution in [0.3, 0.4) is 0 Å². The molecule has 0 aromatic rings. The standard InChI is InChI=1S/C9H17O2/c1-6(5-10)7(2)8(3)9(4)11/h5-9H,1-4H3/q-1. The number of carbonyl (C=O) groups is 1. The summed E-state index contributed by atoms with van der Waals surface area (Å²) >= 11 is 0. The molecular formula is C9H17O2-. The van der Waals surface area contributed by atoms with E-state index >= 15 is 0 Å². The van der Waals surface area contributed by atoms with Gasteiger partial charge in [0.15, 0.2) is 0 Å². The molecule has 0 aliphatic heterocycles. The minimum absolute atomic E-state index is 0.00130. The fraction of sp³-hybridized carbons (Fsp3) is 0.889. The van der Waals surface area contributed by atoms with Crippen molar-refractivity contribution in [3.05, 3.63) is 0 Å². The maximum atomic E-state index is 11.0. The molecule has 2 nitrogen and oxygen atoms in total. The van der Waals surface area contributed by atoms with E-state index in [0.717, 1.165) is 6.29 Å². The molecule has 0 heterocycles. The van der Waals surface area contributed by atoms with Crippen molar-refractivity contribution in [3.63, 3.8) is 0 Å². The van der Waals surface area contributed by atoms with Gasteiger partial charge in [-0.3, -0.25) is 0 Å². The Morgan fingerprint density at radius 3 is 1.82 bits per heavy atom. The van der Waals surface area contributed by atoms with E-state index in [0.29, 0.717) is 0 Å². The Hall–Kier alpha value is -0.370. The first-order chi connectivity index (χ1) is 5.00. The first kappa shape index (κ1) is 10.6. The molecular weight excluding hydrogens is 140 g/mol. The van der Waals surface area contributed by atoms with Gasteiger partial charge >= 0.3 is 0 Å². The molecule has 4 unspecified atom stereocenters. The molecule has 2 heteroatoms. The molecule has 0 aromatic carbocycles. The largest absolute Gasteiger partial charge is 0.852 e. The van der Waals surface area contributed by atoms with Crippen LogP contribution in [0.2, 0.25) is 0 Å². The van der Waals surface area contributed by atoms with E-state index < -0.39 is 6.10 Å². The normalized spacial score (nSPS) is 21.9. The molecule has 0 bridgehead atoms. The predicted molar refractivity (Wildman–Crippen MR) is 43.0 cm³/mol. The lowest BCUT2D eigenvalue weighted by Crippen LogP contribution is -2.35. The maximum Gasteiger partial charge on any atom is 0.123 e. The highest BCUT2D eigenvalue weighted by molar-refractivity contribution is 5.53. The number of aldehydes is 1. The SMILES string of the molecule is CC([O-])C(C)C(C)C(C)C=O. The maximum absolute atomic E-state index is 11.0. The van der Waals surface area contributed by atoms with Gasteiger partial charge in [0, 0.05) is 5.92 Å². The second-order valence-corrected chi connectivity index (χ2v) is 3.42. The van der Waals surface area contributed by atoms with Crippen molar-refractivity contribution >= 4 is 6.29 Å². The van der Waals surface area contributed by atoms with Crippen LogP contribution < -0.4 is 5.11 Å². The molecule has 0 fully saturated rings. The Labute approximate surface area is 68.6 Å². The van der Waals surface area contributed by atoms with E-state index in [9.17, 15) is 9.90 Å². The lowest BCUT2D eigenvalue weighted by atomic mass is 9.83. The molecule has 0 saturated heterocycles. The van der Waals surface area contributed by atoms with Crippen LogP contribution >= 0.6 is 0 Å². The molecule has 0 saturated carbocycles. The summed E-state index contributed by atoms with van der Waals surface area (Å²) in [7, 11) is 0. The Morgan fingerprint density at radius 1 is 1.09 bits per heavy atom. The van der Waals surface area contributed by atoms with Crippen LogP contribution in [-0.2, 0) is 4.79 Å². The molecule has 66 valence electrons. The van der Waals surface area contributed by atoms with Crippen molar-refractivity contribution < 1.29 is 9.90 Å². The van der Waals surface area contributed by atoms with Crippen molar-refractivity contribution in [1.29, 1.82) is 0 Å². The lowest BCUT2D eigenvalue weighted by Gasteiger charge is -2.32. The number of hydrogen-bond acceptors (Lipinski definition) is 2. The summed E-state index contributed by atoms with van der Waals surface area (Å²) in [4.78, 5) is 10.4. The predicted octanol–water partition coefficient (Wildman–Crippen LogP) is 0.842. The third-order valence-electron chi connectivity index (χ3n) is 2.61. The van der Waals surface area contributed by atoms with Gasteiger partial charge in [-0.05, 0) is 5.92 Å². The van der Waals surface area contributed by atoms with Gasteiger partial charge in [-0.2, -0.15) is 0 Å². The van der Waals surface area contributed by atoms with Gasteiger partial charge in [-0.1, -0.05) is 33.6 Å². The summed E-state index contributed by atoms with van der Waals surface area (Å²) in [5.41, 5.74) is 0. The average molecular weight is 157 g/mol. The monoisotopic (exact) mass is 157 g/mol. The zero-order valence-electron chi connectivity index (χ0n) is 7.70. The molecule has 4 atom stereocenters. The fourth-order valence-corrected chi connectivity index (χ4v) is 1.03. The third kappa shape index (κ3) is 3.02. The van der Waals surface area contributed by atoms with Gasteiger partial charge in [0.25, 0.3) is 0 Å².